The number of furan rings is 1. The fraction of sp³-hybridized carbons (Fsp3) is 0.286. The standard InChI is InChI=1S/C21H20FN3O5/c1-4-12(13-6-5-9(2)30-13)24-17-18(20(27)19(17)26)25-16-14(29-3)7-11(22)10-8-23-21(28)15(10)16/h5-7,12,24-25H,4,8H2,1-3H3,(H,23,28). The first-order valence-electron chi connectivity index (χ1n) is 9.46. The molecular weight excluding hydrogens is 393 g/mol. The lowest BCUT2D eigenvalue weighted by Crippen LogP contribution is -2.37. The van der Waals surface area contributed by atoms with Crippen LogP contribution in [0.2, 0.25) is 0 Å². The number of aryl methyl sites for hydroxylation is 1. The van der Waals surface area contributed by atoms with Gasteiger partial charge in [0, 0.05) is 18.2 Å². The molecule has 0 fully saturated rings. The smallest absolute Gasteiger partial charge is 0.254 e. The van der Waals surface area contributed by atoms with E-state index in [9.17, 15) is 18.8 Å². The second-order valence-electron chi connectivity index (χ2n) is 7.06. The summed E-state index contributed by atoms with van der Waals surface area (Å²) in [5.41, 5.74) is -0.967. The summed E-state index contributed by atoms with van der Waals surface area (Å²) in [6, 6.07) is 4.42. The Kier molecular flexibility index (Phi) is 4.81. The van der Waals surface area contributed by atoms with Crippen LogP contribution in [-0.2, 0) is 6.54 Å². The zero-order valence-electron chi connectivity index (χ0n) is 16.6. The maximum atomic E-state index is 14.3. The van der Waals surface area contributed by atoms with E-state index in [2.05, 4.69) is 16.0 Å². The van der Waals surface area contributed by atoms with Crippen LogP contribution in [-0.4, -0.2) is 13.0 Å². The Morgan fingerprint density at radius 2 is 1.93 bits per heavy atom. The molecule has 3 N–H and O–H groups in total. The van der Waals surface area contributed by atoms with Gasteiger partial charge < -0.3 is 25.1 Å². The summed E-state index contributed by atoms with van der Waals surface area (Å²) in [4.78, 5) is 36.8. The number of nitrogens with one attached hydrogen (secondary N) is 3. The SMILES string of the molecule is CCC(Nc1c(Nc2c(OC)cc(F)c3c2C(=O)NC3)c(=O)c1=O)c1ccc(C)o1. The van der Waals surface area contributed by atoms with Crippen LogP contribution in [0.25, 0.3) is 0 Å². The average molecular weight is 413 g/mol. The molecule has 1 amide bonds. The molecule has 1 aliphatic heterocycles. The summed E-state index contributed by atoms with van der Waals surface area (Å²) in [5.74, 6) is 0.333. The topological polar surface area (TPSA) is 110 Å². The number of ether oxygens (including phenoxy) is 1. The molecule has 0 aliphatic carbocycles. The number of carbonyl (C=O) groups is 1. The van der Waals surface area contributed by atoms with Gasteiger partial charge in [0.2, 0.25) is 0 Å². The van der Waals surface area contributed by atoms with Crippen molar-refractivity contribution >= 4 is 23.0 Å². The van der Waals surface area contributed by atoms with Crippen molar-refractivity contribution in [2.45, 2.75) is 32.9 Å². The number of anilines is 3. The molecule has 1 unspecified atom stereocenters. The van der Waals surface area contributed by atoms with E-state index in [1.807, 2.05) is 19.9 Å². The summed E-state index contributed by atoms with van der Waals surface area (Å²) in [5, 5.41) is 8.44. The lowest BCUT2D eigenvalue weighted by molar-refractivity contribution is 0.0966. The Morgan fingerprint density at radius 3 is 2.57 bits per heavy atom. The van der Waals surface area contributed by atoms with Crippen LogP contribution in [0.1, 0.15) is 46.8 Å². The van der Waals surface area contributed by atoms with Gasteiger partial charge in [0.15, 0.2) is 0 Å². The fourth-order valence-corrected chi connectivity index (χ4v) is 3.60. The molecule has 0 bridgehead atoms. The number of halogens is 1. The van der Waals surface area contributed by atoms with Gasteiger partial charge in [0.05, 0.1) is 24.4 Å². The Balaban J connectivity index is 1.72. The number of hydrogen-bond donors (Lipinski definition) is 3. The van der Waals surface area contributed by atoms with Crippen LogP contribution in [0, 0.1) is 12.7 Å². The van der Waals surface area contributed by atoms with Crippen LogP contribution in [0.5, 0.6) is 5.75 Å². The summed E-state index contributed by atoms with van der Waals surface area (Å²) in [7, 11) is 1.33. The highest BCUT2D eigenvalue weighted by molar-refractivity contribution is 6.06. The molecule has 2 heterocycles. The molecule has 4 rings (SSSR count). The van der Waals surface area contributed by atoms with Crippen molar-refractivity contribution in [3.05, 3.63) is 67.1 Å². The van der Waals surface area contributed by atoms with Crippen LogP contribution in [0.4, 0.5) is 21.5 Å². The van der Waals surface area contributed by atoms with Crippen molar-refractivity contribution < 1.29 is 18.3 Å². The number of rotatable bonds is 7. The van der Waals surface area contributed by atoms with E-state index in [0.29, 0.717) is 12.2 Å². The fourth-order valence-electron chi connectivity index (χ4n) is 3.60. The number of benzene rings is 1. The highest BCUT2D eigenvalue weighted by Gasteiger charge is 2.32. The lowest BCUT2D eigenvalue weighted by atomic mass is 10.0. The van der Waals surface area contributed by atoms with E-state index in [1.54, 1.807) is 6.07 Å². The molecular formula is C21H20FN3O5. The molecule has 30 heavy (non-hydrogen) atoms. The highest BCUT2D eigenvalue weighted by Crippen LogP contribution is 2.38. The summed E-state index contributed by atoms with van der Waals surface area (Å²) in [6.07, 6.45) is 0.600. The van der Waals surface area contributed by atoms with Gasteiger partial charge in [-0.25, -0.2) is 4.39 Å². The highest BCUT2D eigenvalue weighted by atomic mass is 19.1. The van der Waals surface area contributed by atoms with Gasteiger partial charge in [-0.05, 0) is 25.5 Å². The Labute approximate surface area is 170 Å². The number of amides is 1. The molecule has 3 aromatic rings. The number of hydrogen-bond acceptors (Lipinski definition) is 7. The molecule has 156 valence electrons. The monoisotopic (exact) mass is 413 g/mol. The van der Waals surface area contributed by atoms with Crippen LogP contribution in [0.15, 0.2) is 32.2 Å². The van der Waals surface area contributed by atoms with Gasteiger partial charge in [0.1, 0.15) is 34.5 Å². The molecule has 2 aromatic carbocycles. The largest absolute Gasteiger partial charge is 0.494 e. The number of carbonyl (C=O) groups excluding carboxylic acids is 1. The third kappa shape index (κ3) is 3.02. The zero-order valence-corrected chi connectivity index (χ0v) is 16.6. The van der Waals surface area contributed by atoms with Crippen molar-refractivity contribution in [1.29, 1.82) is 0 Å². The molecule has 0 radical (unpaired) electrons. The van der Waals surface area contributed by atoms with Crippen LogP contribution < -0.4 is 31.5 Å². The Bertz CT molecular complexity index is 1220. The van der Waals surface area contributed by atoms with E-state index in [0.717, 1.165) is 11.8 Å². The third-order valence-corrected chi connectivity index (χ3v) is 5.21. The first kappa shape index (κ1) is 19.7. The van der Waals surface area contributed by atoms with Crippen molar-refractivity contribution in [1.82, 2.24) is 5.32 Å². The predicted octanol–water partition coefficient (Wildman–Crippen LogP) is 2.88. The van der Waals surface area contributed by atoms with E-state index >= 15 is 0 Å². The Hall–Kier alpha value is -3.62. The molecule has 0 spiro atoms. The summed E-state index contributed by atoms with van der Waals surface area (Å²) < 4.78 is 25.1. The van der Waals surface area contributed by atoms with Crippen molar-refractivity contribution in [3.8, 4) is 5.75 Å². The van der Waals surface area contributed by atoms with Gasteiger partial charge >= 0.3 is 0 Å². The summed E-state index contributed by atoms with van der Waals surface area (Å²) in [6.45, 7) is 3.76. The maximum Gasteiger partial charge on any atom is 0.254 e. The zero-order chi connectivity index (χ0) is 21.6. The first-order chi connectivity index (χ1) is 14.3. The van der Waals surface area contributed by atoms with Gasteiger partial charge in [0.25, 0.3) is 16.8 Å². The molecule has 9 heteroatoms. The lowest BCUT2D eigenvalue weighted by Gasteiger charge is -2.21. The van der Waals surface area contributed by atoms with E-state index in [4.69, 9.17) is 9.15 Å². The first-order valence-corrected chi connectivity index (χ1v) is 9.46. The van der Waals surface area contributed by atoms with Crippen LogP contribution >= 0.6 is 0 Å². The van der Waals surface area contributed by atoms with E-state index in [-0.39, 0.29) is 46.5 Å². The minimum atomic E-state index is -0.735. The molecule has 1 atom stereocenters. The molecule has 0 saturated heterocycles. The minimum Gasteiger partial charge on any atom is -0.494 e. The van der Waals surface area contributed by atoms with E-state index < -0.39 is 22.6 Å². The number of fused-ring (bicyclic) bond motifs is 1. The second-order valence-corrected chi connectivity index (χ2v) is 7.06. The second kappa shape index (κ2) is 7.33. The van der Waals surface area contributed by atoms with Crippen molar-refractivity contribution in [2.24, 2.45) is 0 Å². The van der Waals surface area contributed by atoms with Crippen molar-refractivity contribution in [2.75, 3.05) is 17.7 Å². The quantitative estimate of drug-likeness (QED) is 0.511. The van der Waals surface area contributed by atoms with Crippen LogP contribution in [0.3, 0.4) is 0 Å². The normalized spacial score (nSPS) is 13.8. The van der Waals surface area contributed by atoms with Gasteiger partial charge in [-0.2, -0.15) is 0 Å². The third-order valence-electron chi connectivity index (χ3n) is 5.21. The van der Waals surface area contributed by atoms with Crippen molar-refractivity contribution in [3.63, 3.8) is 0 Å². The molecule has 1 aromatic heterocycles. The van der Waals surface area contributed by atoms with Gasteiger partial charge in [-0.3, -0.25) is 14.4 Å². The van der Waals surface area contributed by atoms with Gasteiger partial charge in [-0.15, -0.1) is 0 Å². The molecule has 8 nitrogen and oxygen atoms in total. The minimum absolute atomic E-state index is 0.00598. The molecule has 1 aliphatic rings. The Morgan fingerprint density at radius 1 is 1.20 bits per heavy atom. The van der Waals surface area contributed by atoms with Gasteiger partial charge in [-0.1, -0.05) is 6.92 Å². The number of methoxy groups -OCH3 is 1. The average Bonchev–Trinajstić information content (AvgIpc) is 3.34. The predicted molar refractivity (Wildman–Crippen MR) is 109 cm³/mol. The maximum absolute atomic E-state index is 14.3. The molecule has 0 saturated carbocycles. The summed E-state index contributed by atoms with van der Waals surface area (Å²) >= 11 is 0. The van der Waals surface area contributed by atoms with E-state index in [1.165, 1.54) is 7.11 Å².